The van der Waals surface area contributed by atoms with Crippen molar-refractivity contribution in [2.24, 2.45) is 0 Å². The van der Waals surface area contributed by atoms with Crippen LogP contribution in [-0.2, 0) is 11.3 Å². The monoisotopic (exact) mass is 354 g/mol. The van der Waals surface area contributed by atoms with Gasteiger partial charge in [-0.25, -0.2) is 0 Å². The molecule has 134 valence electrons. The fourth-order valence-corrected chi connectivity index (χ4v) is 2.53. The highest BCUT2D eigenvalue weighted by atomic mass is 16.1. The first kappa shape index (κ1) is 18.4. The fraction of sp³-hybridized carbons (Fsp3) is 0.125. The van der Waals surface area contributed by atoms with E-state index in [1.165, 1.54) is 5.56 Å². The maximum atomic E-state index is 12.1. The Hall–Kier alpha value is -3.35. The van der Waals surface area contributed by atoms with Crippen LogP contribution in [0.2, 0.25) is 0 Å². The lowest BCUT2D eigenvalue weighted by Crippen LogP contribution is -2.27. The number of rotatable bonds is 5. The van der Waals surface area contributed by atoms with E-state index in [1.54, 1.807) is 0 Å². The zero-order valence-corrected chi connectivity index (χ0v) is 15.3. The number of hydrogen-bond acceptors (Lipinski definition) is 2. The quantitative estimate of drug-likeness (QED) is 0.677. The SMILES string of the molecule is Cc1ccc(CNCC(=O)Nc2ccc(C#Cc3ccccc3)cc2)cc1. The largest absolute Gasteiger partial charge is 0.325 e. The highest BCUT2D eigenvalue weighted by Gasteiger charge is 2.02. The van der Waals surface area contributed by atoms with E-state index < -0.39 is 0 Å². The summed E-state index contributed by atoms with van der Waals surface area (Å²) in [4.78, 5) is 12.1. The van der Waals surface area contributed by atoms with Gasteiger partial charge in [-0.3, -0.25) is 4.79 Å². The van der Waals surface area contributed by atoms with Crippen LogP contribution in [0.15, 0.2) is 78.9 Å². The topological polar surface area (TPSA) is 41.1 Å². The summed E-state index contributed by atoms with van der Waals surface area (Å²) in [6.07, 6.45) is 0. The third-order valence-electron chi connectivity index (χ3n) is 4.03. The highest BCUT2D eigenvalue weighted by molar-refractivity contribution is 5.92. The maximum absolute atomic E-state index is 12.1. The molecule has 2 N–H and O–H groups in total. The normalized spacial score (nSPS) is 9.96. The van der Waals surface area contributed by atoms with Gasteiger partial charge in [-0.05, 0) is 48.9 Å². The van der Waals surface area contributed by atoms with E-state index in [0.717, 1.165) is 22.4 Å². The van der Waals surface area contributed by atoms with Crippen LogP contribution in [0.5, 0.6) is 0 Å². The van der Waals surface area contributed by atoms with Crippen molar-refractivity contribution in [2.45, 2.75) is 13.5 Å². The first-order valence-electron chi connectivity index (χ1n) is 8.92. The molecule has 0 unspecified atom stereocenters. The summed E-state index contributed by atoms with van der Waals surface area (Å²) in [6.45, 7) is 2.99. The van der Waals surface area contributed by atoms with Crippen LogP contribution < -0.4 is 10.6 Å². The van der Waals surface area contributed by atoms with Crippen LogP contribution in [0.25, 0.3) is 0 Å². The maximum Gasteiger partial charge on any atom is 0.238 e. The molecule has 3 rings (SSSR count). The van der Waals surface area contributed by atoms with E-state index in [1.807, 2.05) is 54.6 Å². The van der Waals surface area contributed by atoms with Gasteiger partial charge in [0.2, 0.25) is 5.91 Å². The van der Waals surface area contributed by atoms with Crippen molar-refractivity contribution in [3.63, 3.8) is 0 Å². The Bertz CT molecular complexity index is 934. The van der Waals surface area contributed by atoms with Crippen LogP contribution in [0, 0.1) is 18.8 Å². The van der Waals surface area contributed by atoms with E-state index in [-0.39, 0.29) is 12.5 Å². The molecule has 0 bridgehead atoms. The molecular weight excluding hydrogens is 332 g/mol. The molecular formula is C24H22N2O. The van der Waals surface area contributed by atoms with Crippen molar-refractivity contribution in [3.05, 3.63) is 101 Å². The molecule has 0 saturated carbocycles. The zero-order chi connectivity index (χ0) is 18.9. The van der Waals surface area contributed by atoms with Crippen molar-refractivity contribution >= 4 is 11.6 Å². The average molecular weight is 354 g/mol. The average Bonchev–Trinajstić information content (AvgIpc) is 2.70. The summed E-state index contributed by atoms with van der Waals surface area (Å²) in [5.41, 5.74) is 5.05. The molecule has 0 fully saturated rings. The molecule has 3 nitrogen and oxygen atoms in total. The summed E-state index contributed by atoms with van der Waals surface area (Å²) >= 11 is 0. The summed E-state index contributed by atoms with van der Waals surface area (Å²) in [5, 5.41) is 6.05. The fourth-order valence-electron chi connectivity index (χ4n) is 2.53. The molecule has 3 aromatic carbocycles. The smallest absolute Gasteiger partial charge is 0.238 e. The third kappa shape index (κ3) is 6.14. The highest BCUT2D eigenvalue weighted by Crippen LogP contribution is 2.09. The van der Waals surface area contributed by atoms with Gasteiger partial charge in [-0.1, -0.05) is 59.9 Å². The Balaban J connectivity index is 1.47. The van der Waals surface area contributed by atoms with Crippen LogP contribution in [0.4, 0.5) is 5.69 Å². The minimum atomic E-state index is -0.0646. The Morgan fingerprint density at radius 2 is 1.44 bits per heavy atom. The van der Waals surface area contributed by atoms with Crippen molar-refractivity contribution in [2.75, 3.05) is 11.9 Å². The Morgan fingerprint density at radius 3 is 2.11 bits per heavy atom. The molecule has 1 amide bonds. The number of hydrogen-bond donors (Lipinski definition) is 2. The predicted molar refractivity (Wildman–Crippen MR) is 110 cm³/mol. The summed E-state index contributed by atoms with van der Waals surface area (Å²) in [7, 11) is 0. The molecule has 0 aliphatic heterocycles. The van der Waals surface area contributed by atoms with Gasteiger partial charge in [-0.2, -0.15) is 0 Å². The second-order valence-electron chi connectivity index (χ2n) is 6.33. The van der Waals surface area contributed by atoms with E-state index in [0.29, 0.717) is 6.54 Å². The molecule has 0 spiro atoms. The molecule has 27 heavy (non-hydrogen) atoms. The first-order valence-corrected chi connectivity index (χ1v) is 8.92. The second-order valence-corrected chi connectivity index (χ2v) is 6.33. The van der Waals surface area contributed by atoms with Gasteiger partial charge in [-0.15, -0.1) is 0 Å². The number of benzene rings is 3. The van der Waals surface area contributed by atoms with Gasteiger partial charge in [0.05, 0.1) is 6.54 Å². The molecule has 0 radical (unpaired) electrons. The molecule has 0 atom stereocenters. The minimum Gasteiger partial charge on any atom is -0.325 e. The lowest BCUT2D eigenvalue weighted by molar-refractivity contribution is -0.115. The predicted octanol–water partition coefficient (Wildman–Crippen LogP) is 4.12. The number of anilines is 1. The summed E-state index contributed by atoms with van der Waals surface area (Å²) in [6, 6.07) is 25.7. The van der Waals surface area contributed by atoms with Gasteiger partial charge in [0.1, 0.15) is 0 Å². The molecule has 0 heterocycles. The van der Waals surface area contributed by atoms with Crippen LogP contribution in [0.1, 0.15) is 22.3 Å². The Labute approximate surface area is 160 Å². The number of carbonyl (C=O) groups excluding carboxylic acids is 1. The molecule has 0 aliphatic carbocycles. The number of amides is 1. The lowest BCUT2D eigenvalue weighted by Gasteiger charge is -2.07. The molecule has 0 aliphatic rings. The molecule has 0 saturated heterocycles. The number of aryl methyl sites for hydroxylation is 1. The second kappa shape index (κ2) is 9.38. The first-order chi connectivity index (χ1) is 13.2. The van der Waals surface area contributed by atoms with Gasteiger partial charge >= 0.3 is 0 Å². The number of nitrogens with one attached hydrogen (secondary N) is 2. The summed E-state index contributed by atoms with van der Waals surface area (Å²) < 4.78 is 0. The van der Waals surface area contributed by atoms with Crippen LogP contribution >= 0.6 is 0 Å². The lowest BCUT2D eigenvalue weighted by atomic mass is 10.1. The van der Waals surface area contributed by atoms with E-state index in [2.05, 4.69) is 53.7 Å². The van der Waals surface area contributed by atoms with Crippen molar-refractivity contribution in [1.29, 1.82) is 0 Å². The van der Waals surface area contributed by atoms with E-state index in [4.69, 9.17) is 0 Å². The van der Waals surface area contributed by atoms with E-state index >= 15 is 0 Å². The van der Waals surface area contributed by atoms with Gasteiger partial charge in [0.15, 0.2) is 0 Å². The zero-order valence-electron chi connectivity index (χ0n) is 15.3. The van der Waals surface area contributed by atoms with Gasteiger partial charge in [0.25, 0.3) is 0 Å². The molecule has 3 heteroatoms. The third-order valence-corrected chi connectivity index (χ3v) is 4.03. The van der Waals surface area contributed by atoms with Gasteiger partial charge < -0.3 is 10.6 Å². The van der Waals surface area contributed by atoms with Crippen molar-refractivity contribution < 1.29 is 4.79 Å². The molecule has 3 aromatic rings. The van der Waals surface area contributed by atoms with Crippen molar-refractivity contribution in [3.8, 4) is 11.8 Å². The Morgan fingerprint density at radius 1 is 0.815 bits per heavy atom. The standard InChI is InChI=1S/C24H22N2O/c1-19-7-9-22(10-8-19)17-25-18-24(27)26-23-15-13-21(14-16-23)12-11-20-5-3-2-4-6-20/h2-10,13-16,25H,17-18H2,1H3,(H,26,27). The minimum absolute atomic E-state index is 0.0646. The summed E-state index contributed by atoms with van der Waals surface area (Å²) in [5.74, 6) is 6.18. The van der Waals surface area contributed by atoms with Gasteiger partial charge in [0, 0.05) is 23.4 Å². The van der Waals surface area contributed by atoms with Crippen molar-refractivity contribution in [1.82, 2.24) is 5.32 Å². The Kier molecular flexibility index (Phi) is 6.40. The molecule has 0 aromatic heterocycles. The van der Waals surface area contributed by atoms with E-state index in [9.17, 15) is 4.79 Å². The number of carbonyl (C=O) groups is 1. The van der Waals surface area contributed by atoms with Crippen LogP contribution in [0.3, 0.4) is 0 Å². The van der Waals surface area contributed by atoms with Crippen LogP contribution in [-0.4, -0.2) is 12.5 Å².